The van der Waals surface area contributed by atoms with Gasteiger partial charge in [0.2, 0.25) is 0 Å². The van der Waals surface area contributed by atoms with Crippen molar-refractivity contribution in [3.8, 4) is 5.75 Å². The van der Waals surface area contributed by atoms with Gasteiger partial charge in [-0.05, 0) is 38.2 Å². The minimum Gasteiger partial charge on any atom is -0.492 e. The van der Waals surface area contributed by atoms with Crippen molar-refractivity contribution in [1.29, 1.82) is 0 Å². The molecule has 0 saturated heterocycles. The first-order valence-electron chi connectivity index (χ1n) is 5.40. The Morgan fingerprint density at radius 3 is 2.56 bits per heavy atom. The summed E-state index contributed by atoms with van der Waals surface area (Å²) >= 11 is 0. The second kappa shape index (κ2) is 6.45. The summed E-state index contributed by atoms with van der Waals surface area (Å²) in [6.07, 6.45) is 0. The van der Waals surface area contributed by atoms with Crippen molar-refractivity contribution in [1.82, 2.24) is 4.90 Å². The third-order valence-corrected chi connectivity index (χ3v) is 2.16. The predicted octanol–water partition coefficient (Wildman–Crippen LogP) is 1.48. The monoisotopic (exact) mass is 226 g/mol. The van der Waals surface area contributed by atoms with Crippen LogP contribution in [0.3, 0.4) is 0 Å². The van der Waals surface area contributed by atoms with Crippen LogP contribution in [-0.2, 0) is 0 Å². The second-order valence-corrected chi connectivity index (χ2v) is 4.04. The lowest BCUT2D eigenvalue weighted by Crippen LogP contribution is -2.35. The van der Waals surface area contributed by atoms with E-state index in [0.717, 1.165) is 13.1 Å². The van der Waals surface area contributed by atoms with Crippen molar-refractivity contribution in [2.75, 3.05) is 26.7 Å². The number of nitrogens with two attached hydrogens (primary N) is 1. The first-order valence-corrected chi connectivity index (χ1v) is 5.40. The van der Waals surface area contributed by atoms with Crippen LogP contribution in [0.2, 0.25) is 0 Å². The molecule has 90 valence electrons. The van der Waals surface area contributed by atoms with Crippen LogP contribution in [0.25, 0.3) is 0 Å². The van der Waals surface area contributed by atoms with E-state index in [0.29, 0.717) is 12.4 Å². The number of hydrogen-bond acceptors (Lipinski definition) is 3. The molecule has 0 saturated carbocycles. The number of halogens is 1. The van der Waals surface area contributed by atoms with Gasteiger partial charge in [0.05, 0.1) is 0 Å². The second-order valence-electron chi connectivity index (χ2n) is 4.04. The number of benzene rings is 1. The molecule has 0 amide bonds. The Morgan fingerprint density at radius 1 is 1.38 bits per heavy atom. The fraction of sp³-hybridized carbons (Fsp3) is 0.500. The van der Waals surface area contributed by atoms with E-state index >= 15 is 0 Å². The van der Waals surface area contributed by atoms with Crippen LogP contribution in [0.15, 0.2) is 24.3 Å². The van der Waals surface area contributed by atoms with Crippen molar-refractivity contribution in [3.05, 3.63) is 30.1 Å². The highest BCUT2D eigenvalue weighted by molar-refractivity contribution is 5.21. The Balaban J connectivity index is 2.22. The highest BCUT2D eigenvalue weighted by atomic mass is 19.1. The van der Waals surface area contributed by atoms with E-state index in [1.165, 1.54) is 12.1 Å². The van der Waals surface area contributed by atoms with Gasteiger partial charge in [-0.3, -0.25) is 0 Å². The van der Waals surface area contributed by atoms with E-state index in [9.17, 15) is 4.39 Å². The standard InChI is InChI=1S/C12H19FN2O/c1-10(14)9-15(2)7-8-16-12-5-3-11(13)4-6-12/h3-6,10H,7-9,14H2,1-2H3. The highest BCUT2D eigenvalue weighted by Crippen LogP contribution is 2.10. The minimum atomic E-state index is -0.249. The molecule has 3 nitrogen and oxygen atoms in total. The molecular formula is C12H19FN2O. The quantitative estimate of drug-likeness (QED) is 0.798. The first kappa shape index (κ1) is 12.9. The van der Waals surface area contributed by atoms with Crippen LogP contribution < -0.4 is 10.5 Å². The van der Waals surface area contributed by atoms with E-state index in [4.69, 9.17) is 10.5 Å². The molecule has 1 aromatic rings. The van der Waals surface area contributed by atoms with Crippen molar-refractivity contribution in [2.24, 2.45) is 5.73 Å². The number of ether oxygens (including phenoxy) is 1. The van der Waals surface area contributed by atoms with E-state index in [1.54, 1.807) is 12.1 Å². The summed E-state index contributed by atoms with van der Waals surface area (Å²) in [7, 11) is 2.00. The zero-order valence-corrected chi connectivity index (χ0v) is 9.82. The van der Waals surface area contributed by atoms with Crippen molar-refractivity contribution in [3.63, 3.8) is 0 Å². The normalized spacial score (nSPS) is 12.8. The van der Waals surface area contributed by atoms with Crippen LogP contribution in [0.4, 0.5) is 4.39 Å². The molecule has 0 aromatic heterocycles. The van der Waals surface area contributed by atoms with Crippen LogP contribution in [-0.4, -0.2) is 37.7 Å². The Hall–Kier alpha value is -1.13. The maximum Gasteiger partial charge on any atom is 0.123 e. The average Bonchev–Trinajstić information content (AvgIpc) is 2.20. The number of hydrogen-bond donors (Lipinski definition) is 1. The zero-order chi connectivity index (χ0) is 12.0. The summed E-state index contributed by atoms with van der Waals surface area (Å²) in [5.41, 5.74) is 5.67. The Morgan fingerprint density at radius 2 is 2.00 bits per heavy atom. The van der Waals surface area contributed by atoms with Crippen molar-refractivity contribution < 1.29 is 9.13 Å². The van der Waals surface area contributed by atoms with Gasteiger partial charge >= 0.3 is 0 Å². The summed E-state index contributed by atoms with van der Waals surface area (Å²) in [5.74, 6) is 0.442. The number of likely N-dealkylation sites (N-methyl/N-ethyl adjacent to an activating group) is 1. The van der Waals surface area contributed by atoms with E-state index in [1.807, 2.05) is 14.0 Å². The van der Waals surface area contributed by atoms with Crippen molar-refractivity contribution in [2.45, 2.75) is 13.0 Å². The molecule has 16 heavy (non-hydrogen) atoms. The fourth-order valence-electron chi connectivity index (χ4n) is 1.43. The molecule has 1 aromatic carbocycles. The van der Waals surface area contributed by atoms with Crippen LogP contribution in [0.1, 0.15) is 6.92 Å². The first-order chi connectivity index (χ1) is 7.58. The van der Waals surface area contributed by atoms with Gasteiger partial charge in [-0.2, -0.15) is 0 Å². The fourth-order valence-corrected chi connectivity index (χ4v) is 1.43. The molecule has 1 atom stereocenters. The molecule has 4 heteroatoms. The molecule has 0 fully saturated rings. The molecule has 1 unspecified atom stereocenters. The lowest BCUT2D eigenvalue weighted by atomic mass is 10.3. The van der Waals surface area contributed by atoms with Gasteiger partial charge in [-0.25, -0.2) is 4.39 Å². The van der Waals surface area contributed by atoms with Gasteiger partial charge in [0.25, 0.3) is 0 Å². The minimum absolute atomic E-state index is 0.163. The Labute approximate surface area is 96.0 Å². The molecule has 0 aliphatic heterocycles. The zero-order valence-electron chi connectivity index (χ0n) is 9.82. The SMILES string of the molecule is CC(N)CN(C)CCOc1ccc(F)cc1. The van der Waals surface area contributed by atoms with Gasteiger partial charge in [0.15, 0.2) is 0 Å². The van der Waals surface area contributed by atoms with E-state index in [-0.39, 0.29) is 11.9 Å². The van der Waals surface area contributed by atoms with Crippen molar-refractivity contribution >= 4 is 0 Å². The average molecular weight is 226 g/mol. The van der Waals surface area contributed by atoms with E-state index in [2.05, 4.69) is 4.90 Å². The summed E-state index contributed by atoms with van der Waals surface area (Å²) < 4.78 is 18.1. The molecule has 0 spiro atoms. The molecule has 0 bridgehead atoms. The lowest BCUT2D eigenvalue weighted by Gasteiger charge is -2.18. The van der Waals surface area contributed by atoms with Crippen LogP contribution in [0.5, 0.6) is 5.75 Å². The summed E-state index contributed by atoms with van der Waals surface area (Å²) in [6, 6.07) is 6.19. The van der Waals surface area contributed by atoms with Crippen LogP contribution >= 0.6 is 0 Å². The molecule has 0 radical (unpaired) electrons. The van der Waals surface area contributed by atoms with E-state index < -0.39 is 0 Å². The molecular weight excluding hydrogens is 207 g/mol. The molecule has 0 aliphatic rings. The molecule has 0 heterocycles. The lowest BCUT2D eigenvalue weighted by molar-refractivity contribution is 0.231. The largest absolute Gasteiger partial charge is 0.492 e. The maximum absolute atomic E-state index is 12.6. The predicted molar refractivity (Wildman–Crippen MR) is 63.0 cm³/mol. The summed E-state index contributed by atoms with van der Waals surface area (Å²) in [6.45, 7) is 4.19. The summed E-state index contributed by atoms with van der Waals surface area (Å²) in [4.78, 5) is 2.11. The van der Waals surface area contributed by atoms with Gasteiger partial charge in [-0.1, -0.05) is 0 Å². The van der Waals surface area contributed by atoms with Gasteiger partial charge in [0, 0.05) is 19.1 Å². The molecule has 0 aliphatic carbocycles. The third-order valence-electron chi connectivity index (χ3n) is 2.16. The molecule has 2 N–H and O–H groups in total. The molecule has 1 rings (SSSR count). The van der Waals surface area contributed by atoms with Gasteiger partial charge in [0.1, 0.15) is 18.2 Å². The van der Waals surface area contributed by atoms with Gasteiger partial charge < -0.3 is 15.4 Å². The topological polar surface area (TPSA) is 38.5 Å². The summed E-state index contributed by atoms with van der Waals surface area (Å²) in [5, 5.41) is 0. The smallest absolute Gasteiger partial charge is 0.123 e. The Bertz CT molecular complexity index is 300. The maximum atomic E-state index is 12.6. The number of rotatable bonds is 6. The van der Waals surface area contributed by atoms with Crippen LogP contribution in [0, 0.1) is 5.82 Å². The number of nitrogens with zero attached hydrogens (tertiary/aromatic N) is 1. The third kappa shape index (κ3) is 5.09. The highest BCUT2D eigenvalue weighted by Gasteiger charge is 2.02. The van der Waals surface area contributed by atoms with Gasteiger partial charge in [-0.15, -0.1) is 0 Å². The Kier molecular flexibility index (Phi) is 5.22.